The van der Waals surface area contributed by atoms with Crippen LogP contribution in [0, 0.1) is 5.82 Å². The summed E-state index contributed by atoms with van der Waals surface area (Å²) in [6.07, 6.45) is 5.59. The molecule has 1 fully saturated rings. The first-order chi connectivity index (χ1) is 12.1. The van der Waals surface area contributed by atoms with E-state index in [1.165, 1.54) is 12.1 Å². The highest BCUT2D eigenvalue weighted by Gasteiger charge is 2.25. The molecule has 5 nitrogen and oxygen atoms in total. The van der Waals surface area contributed by atoms with E-state index in [0.29, 0.717) is 23.3 Å². The maximum Gasteiger partial charge on any atom is 0.226 e. The van der Waals surface area contributed by atoms with Crippen LogP contribution in [0.4, 0.5) is 10.3 Å². The predicted octanol–water partition coefficient (Wildman–Crippen LogP) is 3.90. The van der Waals surface area contributed by atoms with Gasteiger partial charge in [-0.05, 0) is 43.5 Å². The summed E-state index contributed by atoms with van der Waals surface area (Å²) in [5.41, 5.74) is 0. The quantitative estimate of drug-likeness (QED) is 0.843. The van der Waals surface area contributed by atoms with Gasteiger partial charge in [-0.2, -0.15) is 4.98 Å². The molecule has 0 aliphatic heterocycles. The molecular formula is C18H22FN3O2S. The third-order valence-electron chi connectivity index (χ3n) is 4.28. The Hall–Kier alpha value is -2.02. The number of hydrogen-bond acceptors (Lipinski definition) is 5. The van der Waals surface area contributed by atoms with E-state index in [2.05, 4.69) is 15.3 Å². The van der Waals surface area contributed by atoms with E-state index in [0.717, 1.165) is 25.7 Å². The molecule has 1 aliphatic carbocycles. The number of hydrogen-bond donors (Lipinski definition) is 1. The van der Waals surface area contributed by atoms with Crippen LogP contribution in [0.2, 0.25) is 0 Å². The average Bonchev–Trinajstić information content (AvgIpc) is 2.63. The van der Waals surface area contributed by atoms with Gasteiger partial charge in [0, 0.05) is 40.1 Å². The van der Waals surface area contributed by atoms with Crippen molar-refractivity contribution in [3.05, 3.63) is 42.3 Å². The molecule has 25 heavy (non-hydrogen) atoms. The number of nitrogens with one attached hydrogen (secondary N) is 1. The van der Waals surface area contributed by atoms with E-state index in [4.69, 9.17) is 4.74 Å². The lowest BCUT2D eigenvalue weighted by Gasteiger charge is -2.29. The van der Waals surface area contributed by atoms with Crippen LogP contribution in [-0.4, -0.2) is 31.2 Å². The van der Waals surface area contributed by atoms with E-state index in [1.807, 2.05) is 6.92 Å². The Morgan fingerprint density at radius 2 is 2.08 bits per heavy atom. The minimum Gasteiger partial charge on any atom is -0.439 e. The molecule has 0 bridgehead atoms. The number of halogens is 1. The number of aromatic nitrogens is 2. The first-order valence-corrected chi connectivity index (χ1v) is 9.92. The van der Waals surface area contributed by atoms with E-state index in [-0.39, 0.29) is 17.1 Å². The molecule has 1 N–H and O–H groups in total. The predicted molar refractivity (Wildman–Crippen MR) is 96.9 cm³/mol. The standard InChI is InChI=1S/C18H22FN3O2S/c1-2-25(23)16-5-3-4-14(12-16)21-18-20-11-10-17(22-18)24-15-8-6-13(19)7-9-15/h6-11,14,16H,2-5,12H2,1H3,(H,20,21,22). The van der Waals surface area contributed by atoms with Crippen molar-refractivity contribution in [2.45, 2.75) is 43.9 Å². The van der Waals surface area contributed by atoms with E-state index in [1.54, 1.807) is 24.4 Å². The van der Waals surface area contributed by atoms with Crippen LogP contribution < -0.4 is 10.1 Å². The van der Waals surface area contributed by atoms with Crippen molar-refractivity contribution in [1.29, 1.82) is 0 Å². The highest BCUT2D eigenvalue weighted by Crippen LogP contribution is 2.26. The molecule has 7 heteroatoms. The van der Waals surface area contributed by atoms with Crippen molar-refractivity contribution < 1.29 is 13.3 Å². The minimum atomic E-state index is -0.761. The summed E-state index contributed by atoms with van der Waals surface area (Å²) >= 11 is 0. The van der Waals surface area contributed by atoms with Crippen LogP contribution in [0.15, 0.2) is 36.5 Å². The molecule has 3 atom stereocenters. The molecule has 1 saturated carbocycles. The minimum absolute atomic E-state index is 0.218. The zero-order chi connectivity index (χ0) is 17.6. The van der Waals surface area contributed by atoms with Crippen molar-refractivity contribution in [1.82, 2.24) is 9.97 Å². The Morgan fingerprint density at radius 3 is 2.84 bits per heavy atom. The van der Waals surface area contributed by atoms with E-state index < -0.39 is 10.8 Å². The first-order valence-electron chi connectivity index (χ1n) is 8.54. The Labute approximate surface area is 149 Å². The van der Waals surface area contributed by atoms with Crippen molar-refractivity contribution in [2.24, 2.45) is 0 Å². The molecule has 134 valence electrons. The van der Waals surface area contributed by atoms with Crippen LogP contribution >= 0.6 is 0 Å². The fourth-order valence-electron chi connectivity index (χ4n) is 3.03. The van der Waals surface area contributed by atoms with Gasteiger partial charge in [0.2, 0.25) is 11.8 Å². The highest BCUT2D eigenvalue weighted by atomic mass is 32.2. The summed E-state index contributed by atoms with van der Waals surface area (Å²) in [5, 5.41) is 3.57. The number of ether oxygens (including phenoxy) is 1. The largest absolute Gasteiger partial charge is 0.439 e. The number of nitrogens with zero attached hydrogens (tertiary/aromatic N) is 2. The van der Waals surface area contributed by atoms with Gasteiger partial charge in [0.15, 0.2) is 0 Å². The van der Waals surface area contributed by atoms with Crippen LogP contribution in [-0.2, 0) is 10.8 Å². The van der Waals surface area contributed by atoms with Gasteiger partial charge in [0.1, 0.15) is 11.6 Å². The zero-order valence-corrected chi connectivity index (χ0v) is 15.0. The monoisotopic (exact) mass is 363 g/mol. The summed E-state index contributed by atoms with van der Waals surface area (Å²) in [6.45, 7) is 1.96. The molecule has 0 saturated heterocycles. The number of anilines is 1. The summed E-state index contributed by atoms with van der Waals surface area (Å²) < 4.78 is 30.6. The lowest BCUT2D eigenvalue weighted by atomic mass is 9.95. The van der Waals surface area contributed by atoms with Gasteiger partial charge >= 0.3 is 0 Å². The smallest absolute Gasteiger partial charge is 0.226 e. The molecule has 1 heterocycles. The zero-order valence-electron chi connectivity index (χ0n) is 14.2. The average molecular weight is 363 g/mol. The Balaban J connectivity index is 1.63. The highest BCUT2D eigenvalue weighted by molar-refractivity contribution is 7.85. The molecule has 2 aromatic rings. The van der Waals surface area contributed by atoms with Gasteiger partial charge in [-0.3, -0.25) is 4.21 Å². The molecule has 0 amide bonds. The Kier molecular flexibility index (Phi) is 5.96. The van der Waals surface area contributed by atoms with Crippen molar-refractivity contribution in [3.63, 3.8) is 0 Å². The van der Waals surface area contributed by atoms with Gasteiger partial charge in [0.25, 0.3) is 0 Å². The second kappa shape index (κ2) is 8.38. The first kappa shape index (κ1) is 17.8. The third-order valence-corrected chi connectivity index (χ3v) is 6.02. The molecule has 1 aromatic heterocycles. The normalized spacial score (nSPS) is 21.5. The van der Waals surface area contributed by atoms with Crippen LogP contribution in [0.5, 0.6) is 11.6 Å². The van der Waals surface area contributed by atoms with Crippen molar-refractivity contribution >= 4 is 16.7 Å². The van der Waals surface area contributed by atoms with Gasteiger partial charge in [-0.1, -0.05) is 13.3 Å². The van der Waals surface area contributed by atoms with Gasteiger partial charge in [-0.15, -0.1) is 0 Å². The van der Waals surface area contributed by atoms with Crippen LogP contribution in [0.25, 0.3) is 0 Å². The summed E-state index contributed by atoms with van der Waals surface area (Å²) in [4.78, 5) is 8.60. The van der Waals surface area contributed by atoms with Crippen LogP contribution in [0.3, 0.4) is 0 Å². The van der Waals surface area contributed by atoms with Gasteiger partial charge in [-0.25, -0.2) is 9.37 Å². The molecule has 0 radical (unpaired) electrons. The summed E-state index contributed by atoms with van der Waals surface area (Å²) in [6, 6.07) is 7.66. The molecule has 3 unspecified atom stereocenters. The second-order valence-electron chi connectivity index (χ2n) is 6.07. The maximum absolute atomic E-state index is 13.0. The number of rotatable bonds is 6. The SMILES string of the molecule is CCS(=O)C1CCCC(Nc2nccc(Oc3ccc(F)cc3)n2)C1. The molecule has 1 aliphatic rings. The van der Waals surface area contributed by atoms with Crippen molar-refractivity contribution in [2.75, 3.05) is 11.1 Å². The molecule has 1 aromatic carbocycles. The number of benzene rings is 1. The lowest BCUT2D eigenvalue weighted by Crippen LogP contribution is -2.33. The molecule has 3 rings (SSSR count). The Bertz CT molecular complexity index is 727. The fourth-order valence-corrected chi connectivity index (χ4v) is 4.37. The lowest BCUT2D eigenvalue weighted by molar-refractivity contribution is 0.452. The van der Waals surface area contributed by atoms with E-state index in [9.17, 15) is 8.60 Å². The topological polar surface area (TPSA) is 64.1 Å². The van der Waals surface area contributed by atoms with E-state index >= 15 is 0 Å². The van der Waals surface area contributed by atoms with Crippen LogP contribution in [0.1, 0.15) is 32.6 Å². The molecular weight excluding hydrogens is 341 g/mol. The summed E-state index contributed by atoms with van der Waals surface area (Å²) in [5.74, 6) is 1.80. The maximum atomic E-state index is 13.0. The van der Waals surface area contributed by atoms with Gasteiger partial charge < -0.3 is 10.1 Å². The fraction of sp³-hybridized carbons (Fsp3) is 0.444. The third kappa shape index (κ3) is 4.98. The second-order valence-corrected chi connectivity index (χ2v) is 8.08. The molecule has 0 spiro atoms. The summed E-state index contributed by atoms with van der Waals surface area (Å²) in [7, 11) is -0.761. The van der Waals surface area contributed by atoms with Crippen molar-refractivity contribution in [3.8, 4) is 11.6 Å². The Morgan fingerprint density at radius 1 is 1.28 bits per heavy atom. The van der Waals surface area contributed by atoms with Gasteiger partial charge in [0.05, 0.1) is 0 Å².